The highest BCUT2D eigenvalue weighted by Crippen LogP contribution is 2.40. The molecule has 94 valence electrons. The molecule has 2 nitrogen and oxygen atoms in total. The smallest absolute Gasteiger partial charge is 0.0531 e. The molecule has 1 fully saturated rings. The predicted molar refractivity (Wildman–Crippen MR) is 78.4 cm³/mol. The van der Waals surface area contributed by atoms with Crippen LogP contribution in [-0.4, -0.2) is 13.1 Å². The molecule has 0 spiro atoms. The molecule has 0 unspecified atom stereocenters. The first-order valence-electron chi connectivity index (χ1n) is 6.09. The molecule has 2 N–H and O–H groups in total. The Morgan fingerprint density at radius 3 is 2.41 bits per heavy atom. The minimum atomic E-state index is 0.402. The van der Waals surface area contributed by atoms with Crippen LogP contribution in [-0.2, 0) is 0 Å². The number of hydrogen-bond acceptors (Lipinski definition) is 2. The van der Waals surface area contributed by atoms with Crippen LogP contribution in [0.2, 0.25) is 0 Å². The molecule has 3 heteroatoms. The Balaban J connectivity index is 2.14. The molecule has 2 rings (SSSR count). The van der Waals surface area contributed by atoms with Gasteiger partial charge < -0.3 is 10.6 Å². The lowest BCUT2D eigenvalue weighted by Gasteiger charge is -2.48. The molecule has 17 heavy (non-hydrogen) atoms. The molecule has 0 atom stereocenters. The zero-order valence-electron chi connectivity index (χ0n) is 11.0. The van der Waals surface area contributed by atoms with Crippen molar-refractivity contribution < 1.29 is 0 Å². The van der Waals surface area contributed by atoms with Crippen molar-refractivity contribution in [2.75, 3.05) is 23.7 Å². The zero-order chi connectivity index (χ0) is 12.8. The largest absolute Gasteiger partial charge is 0.398 e. The molecule has 1 heterocycles. The zero-order valence-corrected chi connectivity index (χ0v) is 12.6. The van der Waals surface area contributed by atoms with E-state index in [4.69, 9.17) is 5.73 Å². The van der Waals surface area contributed by atoms with E-state index in [0.717, 1.165) is 34.7 Å². The highest BCUT2D eigenvalue weighted by atomic mass is 79.9. The lowest BCUT2D eigenvalue weighted by molar-refractivity contribution is 0.195. The number of nitrogens with two attached hydrogens (primary N) is 1. The Kier molecular flexibility index (Phi) is 3.15. The van der Waals surface area contributed by atoms with Crippen LogP contribution in [0.4, 0.5) is 11.4 Å². The summed E-state index contributed by atoms with van der Waals surface area (Å²) in [6.45, 7) is 11.2. The Hall–Kier alpha value is -0.700. The van der Waals surface area contributed by atoms with Gasteiger partial charge in [-0.2, -0.15) is 0 Å². The van der Waals surface area contributed by atoms with Crippen molar-refractivity contribution in [3.05, 3.63) is 22.2 Å². The molecule has 1 aliphatic heterocycles. The molecular formula is C14H21BrN2. The summed E-state index contributed by atoms with van der Waals surface area (Å²) in [4.78, 5) is 2.40. The maximum atomic E-state index is 5.98. The summed E-state index contributed by atoms with van der Waals surface area (Å²) < 4.78 is 1.15. The van der Waals surface area contributed by atoms with Gasteiger partial charge in [-0.25, -0.2) is 0 Å². The van der Waals surface area contributed by atoms with Crippen LogP contribution in [0.1, 0.15) is 26.3 Å². The molecule has 1 aliphatic rings. The van der Waals surface area contributed by atoms with E-state index in [1.807, 2.05) is 6.92 Å². The summed E-state index contributed by atoms with van der Waals surface area (Å²) in [5, 5.41) is 0. The average Bonchev–Trinajstić information content (AvgIpc) is 2.08. The highest BCUT2D eigenvalue weighted by Gasteiger charge is 2.36. The van der Waals surface area contributed by atoms with Gasteiger partial charge in [0.25, 0.3) is 0 Å². The van der Waals surface area contributed by atoms with E-state index in [1.165, 1.54) is 5.69 Å². The Morgan fingerprint density at radius 2 is 1.88 bits per heavy atom. The van der Waals surface area contributed by atoms with E-state index >= 15 is 0 Å². The van der Waals surface area contributed by atoms with E-state index in [9.17, 15) is 0 Å². The lowest BCUT2D eigenvalue weighted by atomic mass is 9.76. The van der Waals surface area contributed by atoms with E-state index in [2.05, 4.69) is 53.7 Å². The highest BCUT2D eigenvalue weighted by molar-refractivity contribution is 9.10. The van der Waals surface area contributed by atoms with Crippen LogP contribution < -0.4 is 10.6 Å². The number of aryl methyl sites for hydroxylation is 1. The molecule has 0 saturated carbocycles. The second kappa shape index (κ2) is 4.20. The van der Waals surface area contributed by atoms with Gasteiger partial charge in [-0.15, -0.1) is 0 Å². The number of benzene rings is 1. The maximum absolute atomic E-state index is 5.98. The fourth-order valence-electron chi connectivity index (χ4n) is 2.14. The number of halogens is 1. The van der Waals surface area contributed by atoms with E-state index < -0.39 is 0 Å². The first kappa shape index (κ1) is 12.7. The summed E-state index contributed by atoms with van der Waals surface area (Å²) in [5.41, 5.74) is 9.62. The number of nitrogen functional groups attached to an aromatic ring is 1. The number of rotatable bonds is 1. The predicted octanol–water partition coefficient (Wildman–Crippen LogP) is 3.82. The summed E-state index contributed by atoms with van der Waals surface area (Å²) in [6.07, 6.45) is 0. The molecular weight excluding hydrogens is 276 g/mol. The summed E-state index contributed by atoms with van der Waals surface area (Å²) >= 11 is 3.63. The maximum Gasteiger partial charge on any atom is 0.0531 e. The fraction of sp³-hybridized carbons (Fsp3) is 0.571. The molecule has 0 bridgehead atoms. The van der Waals surface area contributed by atoms with Crippen LogP contribution in [0.25, 0.3) is 0 Å². The van der Waals surface area contributed by atoms with Gasteiger partial charge in [0.15, 0.2) is 0 Å². The van der Waals surface area contributed by atoms with E-state index in [1.54, 1.807) is 0 Å². The second-order valence-corrected chi connectivity index (χ2v) is 6.98. The Morgan fingerprint density at radius 1 is 1.29 bits per heavy atom. The van der Waals surface area contributed by atoms with Crippen LogP contribution in [0.15, 0.2) is 16.6 Å². The summed E-state index contributed by atoms with van der Waals surface area (Å²) in [7, 11) is 0. The van der Waals surface area contributed by atoms with Crippen molar-refractivity contribution in [2.24, 2.45) is 11.3 Å². The van der Waals surface area contributed by atoms with Crippen LogP contribution in [0.5, 0.6) is 0 Å². The minimum Gasteiger partial charge on any atom is -0.398 e. The van der Waals surface area contributed by atoms with Gasteiger partial charge >= 0.3 is 0 Å². The topological polar surface area (TPSA) is 29.3 Å². The van der Waals surface area contributed by atoms with Crippen molar-refractivity contribution in [2.45, 2.75) is 27.7 Å². The van der Waals surface area contributed by atoms with Crippen molar-refractivity contribution in [1.82, 2.24) is 0 Å². The van der Waals surface area contributed by atoms with Crippen LogP contribution >= 0.6 is 15.9 Å². The van der Waals surface area contributed by atoms with Gasteiger partial charge in [0.1, 0.15) is 0 Å². The van der Waals surface area contributed by atoms with E-state index in [0.29, 0.717) is 5.41 Å². The van der Waals surface area contributed by atoms with Gasteiger partial charge in [0.05, 0.1) is 5.69 Å². The average molecular weight is 297 g/mol. The second-order valence-electron chi connectivity index (χ2n) is 6.13. The third-order valence-corrected chi connectivity index (χ3v) is 4.42. The number of hydrogen-bond donors (Lipinski definition) is 1. The third-order valence-electron chi connectivity index (χ3n) is 3.78. The van der Waals surface area contributed by atoms with Gasteiger partial charge in [0.2, 0.25) is 0 Å². The quantitative estimate of drug-likeness (QED) is 0.798. The normalized spacial score (nSPS) is 17.1. The fourth-order valence-corrected chi connectivity index (χ4v) is 2.85. The molecule has 0 amide bonds. The molecule has 1 saturated heterocycles. The van der Waals surface area contributed by atoms with Crippen molar-refractivity contribution in [3.63, 3.8) is 0 Å². The lowest BCUT2D eigenvalue weighted by Crippen LogP contribution is -2.52. The van der Waals surface area contributed by atoms with Crippen molar-refractivity contribution in [3.8, 4) is 0 Å². The molecule has 1 aromatic rings. The summed E-state index contributed by atoms with van der Waals surface area (Å²) in [6, 6.07) is 4.19. The van der Waals surface area contributed by atoms with E-state index in [-0.39, 0.29) is 0 Å². The standard InChI is InChI=1S/C14H21BrN2/c1-9-5-11(15)13(6-12(9)16)17-7-10(8-17)14(2,3)4/h5-6,10H,7-8,16H2,1-4H3. The first-order chi connectivity index (χ1) is 7.79. The number of anilines is 2. The Labute approximate surface area is 112 Å². The summed E-state index contributed by atoms with van der Waals surface area (Å²) in [5.74, 6) is 0.775. The molecule has 1 aromatic carbocycles. The number of nitrogens with zero attached hydrogens (tertiary/aromatic N) is 1. The molecule has 0 aromatic heterocycles. The molecule has 0 radical (unpaired) electrons. The van der Waals surface area contributed by atoms with Crippen LogP contribution in [0, 0.1) is 18.3 Å². The van der Waals surface area contributed by atoms with Crippen molar-refractivity contribution >= 4 is 27.3 Å². The van der Waals surface area contributed by atoms with Gasteiger partial charge in [-0.1, -0.05) is 20.8 Å². The molecule has 0 aliphatic carbocycles. The first-order valence-corrected chi connectivity index (χ1v) is 6.89. The third kappa shape index (κ3) is 2.44. The van der Waals surface area contributed by atoms with Crippen molar-refractivity contribution in [1.29, 1.82) is 0 Å². The van der Waals surface area contributed by atoms with Gasteiger partial charge in [-0.05, 0) is 51.9 Å². The Bertz CT molecular complexity index is 429. The van der Waals surface area contributed by atoms with Gasteiger partial charge in [-0.3, -0.25) is 0 Å². The monoisotopic (exact) mass is 296 g/mol. The SMILES string of the molecule is Cc1cc(Br)c(N2CC(C(C)(C)C)C2)cc1N. The van der Waals surface area contributed by atoms with Crippen LogP contribution in [0.3, 0.4) is 0 Å². The minimum absolute atomic E-state index is 0.402. The van der Waals surface area contributed by atoms with Gasteiger partial charge in [0, 0.05) is 23.2 Å².